The first-order valence-electron chi connectivity index (χ1n) is 10.2. The number of nitrogens with zero attached hydrogens (tertiary/aromatic N) is 4. The van der Waals surface area contributed by atoms with Crippen LogP contribution in [0.4, 0.5) is 0 Å². The lowest BCUT2D eigenvalue weighted by atomic mass is 10.1. The lowest BCUT2D eigenvalue weighted by molar-refractivity contribution is 0.0177. The molecule has 2 aromatic heterocycles. The Kier molecular flexibility index (Phi) is 9.31. The molecule has 4 rings (SSSR count). The molecule has 9 heteroatoms. The molecule has 1 saturated heterocycles. The second-order valence-corrected chi connectivity index (χ2v) is 8.06. The van der Waals surface area contributed by atoms with Crippen molar-refractivity contribution >= 4 is 41.3 Å². The normalized spacial score (nSPS) is 15.8. The molecule has 0 spiro atoms. The summed E-state index contributed by atoms with van der Waals surface area (Å²) in [5.74, 6) is 0.797. The van der Waals surface area contributed by atoms with Crippen LogP contribution in [0.15, 0.2) is 65.5 Å². The highest BCUT2D eigenvalue weighted by Crippen LogP contribution is 2.25. The van der Waals surface area contributed by atoms with E-state index in [0.717, 1.165) is 44.5 Å². The summed E-state index contributed by atoms with van der Waals surface area (Å²) in [6.07, 6.45) is 5.57. The van der Waals surface area contributed by atoms with Gasteiger partial charge in [0.05, 0.1) is 31.3 Å². The van der Waals surface area contributed by atoms with Crippen LogP contribution in [0.1, 0.15) is 16.5 Å². The lowest BCUT2D eigenvalue weighted by Gasteiger charge is -2.34. The minimum absolute atomic E-state index is 0. The fourth-order valence-corrected chi connectivity index (χ4v) is 4.55. The van der Waals surface area contributed by atoms with Crippen LogP contribution in [0.2, 0.25) is 0 Å². The van der Waals surface area contributed by atoms with Crippen LogP contribution in [-0.2, 0) is 11.3 Å². The van der Waals surface area contributed by atoms with Gasteiger partial charge < -0.3 is 19.9 Å². The third kappa shape index (κ3) is 6.28. The maximum Gasteiger partial charge on any atom is 0.191 e. The van der Waals surface area contributed by atoms with Crippen molar-refractivity contribution in [2.24, 2.45) is 4.99 Å². The van der Waals surface area contributed by atoms with Crippen molar-refractivity contribution in [3.8, 4) is 5.69 Å². The SMILES string of the molecule is CN=C(NCc1ccccc1-n1ccnc1)NCC(c1cccs1)N1CCOCC1.I. The van der Waals surface area contributed by atoms with Gasteiger partial charge in [-0.2, -0.15) is 0 Å². The van der Waals surface area contributed by atoms with Crippen molar-refractivity contribution in [1.29, 1.82) is 0 Å². The van der Waals surface area contributed by atoms with Crippen LogP contribution in [-0.4, -0.2) is 60.3 Å². The Morgan fingerprint density at radius 2 is 2.03 bits per heavy atom. The van der Waals surface area contributed by atoms with Gasteiger partial charge in [-0.1, -0.05) is 24.3 Å². The predicted molar refractivity (Wildman–Crippen MR) is 137 cm³/mol. The van der Waals surface area contributed by atoms with Gasteiger partial charge in [-0.3, -0.25) is 9.89 Å². The second kappa shape index (κ2) is 12.2. The molecule has 0 bridgehead atoms. The molecular weight excluding hydrogens is 523 g/mol. The van der Waals surface area contributed by atoms with Gasteiger partial charge in [-0.25, -0.2) is 4.98 Å². The van der Waals surface area contributed by atoms with Gasteiger partial charge in [0.2, 0.25) is 0 Å². The quantitative estimate of drug-likeness (QED) is 0.268. The first-order valence-corrected chi connectivity index (χ1v) is 11.1. The van der Waals surface area contributed by atoms with E-state index < -0.39 is 0 Å². The van der Waals surface area contributed by atoms with E-state index in [0.29, 0.717) is 12.6 Å². The zero-order valence-electron chi connectivity index (χ0n) is 17.6. The van der Waals surface area contributed by atoms with Gasteiger partial charge in [0.25, 0.3) is 0 Å². The number of ether oxygens (including phenoxy) is 1. The standard InChI is InChI=1S/C22H28N6OS.HI/c1-23-22(25-15-18-5-2-3-6-19(18)28-9-8-24-17-28)26-16-20(21-7-4-14-30-21)27-10-12-29-13-11-27;/h2-9,14,17,20H,10-13,15-16H2,1H3,(H2,23,25,26);1H. The number of halogens is 1. The van der Waals surface area contributed by atoms with Gasteiger partial charge in [-0.05, 0) is 23.1 Å². The van der Waals surface area contributed by atoms with Crippen molar-refractivity contribution in [3.05, 3.63) is 70.9 Å². The Morgan fingerprint density at radius 3 is 2.74 bits per heavy atom. The zero-order valence-corrected chi connectivity index (χ0v) is 20.8. The van der Waals surface area contributed by atoms with Gasteiger partial charge in [0, 0.05) is 50.5 Å². The highest BCUT2D eigenvalue weighted by atomic mass is 127. The molecular formula is C22H29IN6OS. The Hall–Kier alpha value is -1.95. The van der Waals surface area contributed by atoms with E-state index in [-0.39, 0.29) is 24.0 Å². The Balaban J connectivity index is 0.00000272. The van der Waals surface area contributed by atoms with Gasteiger partial charge in [0.15, 0.2) is 5.96 Å². The number of benzene rings is 1. The van der Waals surface area contributed by atoms with Gasteiger partial charge in [-0.15, -0.1) is 35.3 Å². The number of rotatable bonds is 7. The molecule has 1 aliphatic heterocycles. The minimum Gasteiger partial charge on any atom is -0.379 e. The largest absolute Gasteiger partial charge is 0.379 e. The molecule has 3 aromatic rings. The first-order chi connectivity index (χ1) is 14.8. The summed E-state index contributed by atoms with van der Waals surface area (Å²) in [4.78, 5) is 12.4. The van der Waals surface area contributed by atoms with Crippen LogP contribution in [0.3, 0.4) is 0 Å². The number of thiophene rings is 1. The third-order valence-corrected chi connectivity index (χ3v) is 6.24. The van der Waals surface area contributed by atoms with Gasteiger partial charge in [0.1, 0.15) is 0 Å². The highest BCUT2D eigenvalue weighted by molar-refractivity contribution is 14.0. The summed E-state index contributed by atoms with van der Waals surface area (Å²) < 4.78 is 7.57. The molecule has 1 unspecified atom stereocenters. The van der Waals surface area contributed by atoms with E-state index in [1.165, 1.54) is 10.4 Å². The number of hydrogen-bond acceptors (Lipinski definition) is 5. The average molecular weight is 552 g/mol. The number of morpholine rings is 1. The summed E-state index contributed by atoms with van der Waals surface area (Å²) in [6, 6.07) is 13.0. The fourth-order valence-electron chi connectivity index (χ4n) is 3.69. The summed E-state index contributed by atoms with van der Waals surface area (Å²) in [6.45, 7) is 4.96. The Bertz CT molecular complexity index is 925. The summed E-state index contributed by atoms with van der Waals surface area (Å²) in [7, 11) is 1.81. The lowest BCUT2D eigenvalue weighted by Crippen LogP contribution is -2.46. The van der Waals surface area contributed by atoms with E-state index in [4.69, 9.17) is 4.74 Å². The second-order valence-electron chi connectivity index (χ2n) is 7.08. The molecule has 0 saturated carbocycles. The van der Waals surface area contributed by atoms with E-state index in [1.54, 1.807) is 17.5 Å². The molecule has 7 nitrogen and oxygen atoms in total. The molecule has 1 atom stereocenters. The van der Waals surface area contributed by atoms with Crippen molar-refractivity contribution in [2.45, 2.75) is 12.6 Å². The van der Waals surface area contributed by atoms with Crippen molar-refractivity contribution in [2.75, 3.05) is 39.9 Å². The molecule has 3 heterocycles. The maximum absolute atomic E-state index is 5.54. The molecule has 31 heavy (non-hydrogen) atoms. The molecule has 1 aromatic carbocycles. The molecule has 2 N–H and O–H groups in total. The first kappa shape index (κ1) is 23.7. The maximum atomic E-state index is 5.54. The number of nitrogens with one attached hydrogen (secondary N) is 2. The van der Waals surface area contributed by atoms with Crippen molar-refractivity contribution in [3.63, 3.8) is 0 Å². The number of imidazole rings is 1. The van der Waals surface area contributed by atoms with Gasteiger partial charge >= 0.3 is 0 Å². The van der Waals surface area contributed by atoms with E-state index in [1.807, 2.05) is 30.2 Å². The van der Waals surface area contributed by atoms with Crippen LogP contribution >= 0.6 is 35.3 Å². The van der Waals surface area contributed by atoms with E-state index in [9.17, 15) is 0 Å². The molecule has 0 amide bonds. The number of hydrogen-bond donors (Lipinski definition) is 2. The average Bonchev–Trinajstić information content (AvgIpc) is 3.52. The summed E-state index contributed by atoms with van der Waals surface area (Å²) in [5.41, 5.74) is 2.30. The van der Waals surface area contributed by atoms with Crippen LogP contribution < -0.4 is 10.6 Å². The number of aliphatic imine (C=N–C) groups is 1. The predicted octanol–water partition coefficient (Wildman–Crippen LogP) is 3.29. The number of aromatic nitrogens is 2. The monoisotopic (exact) mass is 552 g/mol. The minimum atomic E-state index is 0. The highest BCUT2D eigenvalue weighted by Gasteiger charge is 2.23. The van der Waals surface area contributed by atoms with Crippen LogP contribution in [0.5, 0.6) is 0 Å². The molecule has 166 valence electrons. The van der Waals surface area contributed by atoms with Crippen molar-refractivity contribution in [1.82, 2.24) is 25.1 Å². The molecule has 1 fully saturated rings. The summed E-state index contributed by atoms with van der Waals surface area (Å²) in [5, 5.41) is 9.12. The van der Waals surface area contributed by atoms with Crippen molar-refractivity contribution < 1.29 is 4.74 Å². The molecule has 0 radical (unpaired) electrons. The number of guanidine groups is 1. The zero-order chi connectivity index (χ0) is 20.6. The van der Waals surface area contributed by atoms with E-state index >= 15 is 0 Å². The molecule has 1 aliphatic rings. The Morgan fingerprint density at radius 1 is 1.19 bits per heavy atom. The van der Waals surface area contributed by atoms with Crippen LogP contribution in [0.25, 0.3) is 5.69 Å². The summed E-state index contributed by atoms with van der Waals surface area (Å²) >= 11 is 1.80. The van der Waals surface area contributed by atoms with Crippen LogP contribution in [0, 0.1) is 0 Å². The number of para-hydroxylation sites is 1. The fraction of sp³-hybridized carbons (Fsp3) is 0.364. The smallest absolute Gasteiger partial charge is 0.191 e. The molecule has 0 aliphatic carbocycles. The Labute approximate surface area is 204 Å². The van der Waals surface area contributed by atoms with E-state index in [2.05, 4.69) is 61.2 Å². The third-order valence-electron chi connectivity index (χ3n) is 5.26. The topological polar surface area (TPSA) is 66.7 Å².